The fourth-order valence-electron chi connectivity index (χ4n) is 4.12. The zero-order valence-electron chi connectivity index (χ0n) is 20.8. The van der Waals surface area contributed by atoms with Crippen molar-refractivity contribution in [3.8, 4) is 0 Å². The first kappa shape index (κ1) is 25.8. The number of anilines is 2. The van der Waals surface area contributed by atoms with E-state index in [9.17, 15) is 13.2 Å². The van der Waals surface area contributed by atoms with Crippen LogP contribution in [0.1, 0.15) is 32.4 Å². The monoisotopic (exact) mass is 515 g/mol. The molecule has 3 N–H and O–H groups in total. The maximum Gasteiger partial charge on any atom is 0.254 e. The van der Waals surface area contributed by atoms with Gasteiger partial charge in [0.05, 0.1) is 5.69 Å². The number of aryl methyl sites for hydroxylation is 1. The number of piperidine rings is 1. The van der Waals surface area contributed by atoms with Crippen LogP contribution in [0, 0.1) is 18.8 Å². The molecule has 4 heterocycles. The second-order valence-electron chi connectivity index (χ2n) is 9.30. The third-order valence-corrected chi connectivity index (χ3v) is 7.96. The molecule has 13 heteroatoms. The highest BCUT2D eigenvalue weighted by molar-refractivity contribution is 7.89. The molecule has 3 aromatic heterocycles. The Bertz CT molecular complexity index is 1300. The van der Waals surface area contributed by atoms with Crippen LogP contribution in [-0.2, 0) is 14.8 Å². The molecule has 1 saturated heterocycles. The summed E-state index contributed by atoms with van der Waals surface area (Å²) in [5.74, 6) is 1.47. The maximum absolute atomic E-state index is 13.4. The van der Waals surface area contributed by atoms with Gasteiger partial charge in [-0.25, -0.2) is 13.4 Å². The summed E-state index contributed by atoms with van der Waals surface area (Å²) in [6, 6.07) is 3.53. The molecule has 1 amide bonds. The molecule has 0 unspecified atom stereocenters. The van der Waals surface area contributed by atoms with Crippen LogP contribution in [0.3, 0.4) is 0 Å². The summed E-state index contributed by atoms with van der Waals surface area (Å²) in [5.41, 5.74) is 1.30. The Morgan fingerprint density at radius 1 is 1.19 bits per heavy atom. The number of amides is 1. The van der Waals surface area contributed by atoms with Crippen LogP contribution >= 0.6 is 0 Å². The minimum atomic E-state index is -3.76. The van der Waals surface area contributed by atoms with Gasteiger partial charge in [-0.2, -0.15) is 18.9 Å². The molecule has 0 saturated carbocycles. The molecular formula is C23H33N9O3S. The lowest BCUT2D eigenvalue weighted by Gasteiger charge is -2.31. The van der Waals surface area contributed by atoms with Crippen molar-refractivity contribution in [3.63, 3.8) is 0 Å². The molecule has 1 aliphatic heterocycles. The van der Waals surface area contributed by atoms with Crippen LogP contribution in [0.2, 0.25) is 0 Å². The van der Waals surface area contributed by atoms with Crippen molar-refractivity contribution < 1.29 is 13.2 Å². The maximum atomic E-state index is 13.4. The summed E-state index contributed by atoms with van der Waals surface area (Å²) in [4.78, 5) is 25.0. The van der Waals surface area contributed by atoms with Crippen LogP contribution < -0.4 is 16.0 Å². The Morgan fingerprint density at radius 3 is 2.69 bits per heavy atom. The summed E-state index contributed by atoms with van der Waals surface area (Å²) in [7, 11) is -3.76. The van der Waals surface area contributed by atoms with Gasteiger partial charge >= 0.3 is 0 Å². The lowest BCUT2D eigenvalue weighted by molar-refractivity contribution is -0.126. The molecule has 0 bridgehead atoms. The van der Waals surface area contributed by atoms with Crippen molar-refractivity contribution in [2.24, 2.45) is 11.8 Å². The average molecular weight is 516 g/mol. The molecule has 12 nitrogen and oxygen atoms in total. The first-order valence-electron chi connectivity index (χ1n) is 12.1. The van der Waals surface area contributed by atoms with Gasteiger partial charge in [0.15, 0.2) is 0 Å². The topological polar surface area (TPSA) is 147 Å². The van der Waals surface area contributed by atoms with E-state index in [0.29, 0.717) is 62.9 Å². The van der Waals surface area contributed by atoms with E-state index in [0.717, 1.165) is 11.5 Å². The Kier molecular flexibility index (Phi) is 7.99. The van der Waals surface area contributed by atoms with Gasteiger partial charge in [-0.15, -0.1) is 0 Å². The largest absolute Gasteiger partial charge is 0.382 e. The zero-order valence-corrected chi connectivity index (χ0v) is 21.6. The third kappa shape index (κ3) is 5.90. The molecule has 36 heavy (non-hydrogen) atoms. The normalized spacial score (nSPS) is 15.3. The lowest BCUT2D eigenvalue weighted by Crippen LogP contribution is -2.43. The zero-order chi connectivity index (χ0) is 25.7. The van der Waals surface area contributed by atoms with Crippen LogP contribution in [0.4, 0.5) is 11.5 Å². The number of fused-ring (bicyclic) bond motifs is 1. The van der Waals surface area contributed by atoms with Gasteiger partial charge in [-0.1, -0.05) is 13.8 Å². The van der Waals surface area contributed by atoms with E-state index in [2.05, 4.69) is 36.0 Å². The predicted octanol–water partition coefficient (Wildman–Crippen LogP) is 1.52. The SMILES string of the molecule is Cc1cc(NCCNc2ccncc2S(=O)(=O)N2CCC(C(=O)NCC(C)C)CC2)n2ncnc2n1. The Hall–Kier alpha value is -3.32. The second-order valence-corrected chi connectivity index (χ2v) is 11.2. The molecule has 0 radical (unpaired) electrons. The van der Waals surface area contributed by atoms with Gasteiger partial charge in [-0.3, -0.25) is 9.78 Å². The van der Waals surface area contributed by atoms with Crippen molar-refractivity contribution in [1.29, 1.82) is 0 Å². The Balaban J connectivity index is 1.35. The number of sulfonamides is 1. The number of nitrogens with zero attached hydrogens (tertiary/aromatic N) is 6. The van der Waals surface area contributed by atoms with Crippen molar-refractivity contribution in [2.45, 2.75) is 38.5 Å². The number of rotatable bonds is 10. The minimum absolute atomic E-state index is 0.00420. The van der Waals surface area contributed by atoms with Gasteiger partial charge in [-0.05, 0) is 31.7 Å². The number of hydrogen-bond donors (Lipinski definition) is 3. The van der Waals surface area contributed by atoms with Crippen molar-refractivity contribution >= 4 is 33.2 Å². The van der Waals surface area contributed by atoms with Crippen molar-refractivity contribution in [1.82, 2.24) is 34.2 Å². The summed E-state index contributed by atoms with van der Waals surface area (Å²) in [6.45, 7) is 8.16. The van der Waals surface area contributed by atoms with Gasteiger partial charge in [0.1, 0.15) is 17.0 Å². The molecule has 0 atom stereocenters. The highest BCUT2D eigenvalue weighted by Crippen LogP contribution is 2.28. The highest BCUT2D eigenvalue weighted by atomic mass is 32.2. The quantitative estimate of drug-likeness (QED) is 0.342. The first-order valence-corrected chi connectivity index (χ1v) is 13.6. The van der Waals surface area contributed by atoms with E-state index >= 15 is 0 Å². The first-order chi connectivity index (χ1) is 17.3. The fourth-order valence-corrected chi connectivity index (χ4v) is 5.70. The van der Waals surface area contributed by atoms with E-state index in [1.165, 1.54) is 16.8 Å². The smallest absolute Gasteiger partial charge is 0.254 e. The van der Waals surface area contributed by atoms with E-state index in [1.807, 2.05) is 26.8 Å². The summed E-state index contributed by atoms with van der Waals surface area (Å²) >= 11 is 0. The number of pyridine rings is 1. The Labute approximate surface area is 211 Å². The molecule has 0 aliphatic carbocycles. The predicted molar refractivity (Wildman–Crippen MR) is 136 cm³/mol. The molecule has 1 fully saturated rings. The third-order valence-electron chi connectivity index (χ3n) is 6.04. The Morgan fingerprint density at radius 2 is 1.94 bits per heavy atom. The van der Waals surface area contributed by atoms with Gasteiger partial charge < -0.3 is 16.0 Å². The molecule has 0 spiro atoms. The summed E-state index contributed by atoms with van der Waals surface area (Å²) < 4.78 is 29.9. The highest BCUT2D eigenvalue weighted by Gasteiger charge is 2.33. The average Bonchev–Trinajstić information content (AvgIpc) is 3.34. The standard InChI is InChI=1S/C23H33N9O3S/c1-16(2)13-27-22(33)18-5-10-31(11-6-18)36(34,35)20-14-24-7-4-19(20)25-8-9-26-21-12-17(3)30-23-28-15-29-32(21)23/h4,7,12,14-16,18,26H,5-6,8-11,13H2,1-3H3,(H,24,25)(H,27,33). The second kappa shape index (κ2) is 11.2. The van der Waals surface area contributed by atoms with Gasteiger partial charge in [0.2, 0.25) is 15.9 Å². The van der Waals surface area contributed by atoms with Crippen LogP contribution in [-0.4, -0.2) is 75.9 Å². The summed E-state index contributed by atoms with van der Waals surface area (Å²) in [5, 5.41) is 13.6. The number of nitrogens with one attached hydrogen (secondary N) is 3. The van der Waals surface area contributed by atoms with Crippen molar-refractivity contribution in [2.75, 3.05) is 43.4 Å². The molecule has 1 aliphatic rings. The van der Waals surface area contributed by atoms with Gasteiger partial charge in [0.25, 0.3) is 5.78 Å². The molecular weight excluding hydrogens is 482 g/mol. The van der Waals surface area contributed by atoms with Crippen LogP contribution in [0.15, 0.2) is 35.7 Å². The lowest BCUT2D eigenvalue weighted by atomic mass is 9.97. The molecule has 3 aromatic rings. The number of carbonyl (C=O) groups is 1. The van der Waals surface area contributed by atoms with E-state index in [4.69, 9.17) is 0 Å². The fraction of sp³-hybridized carbons (Fsp3) is 0.522. The molecule has 194 valence electrons. The molecule has 4 rings (SSSR count). The number of aromatic nitrogens is 5. The van der Waals surface area contributed by atoms with E-state index in [-0.39, 0.29) is 16.7 Å². The van der Waals surface area contributed by atoms with Crippen LogP contribution in [0.25, 0.3) is 5.78 Å². The molecule has 0 aromatic carbocycles. The van der Waals surface area contributed by atoms with E-state index in [1.54, 1.807) is 16.8 Å². The van der Waals surface area contributed by atoms with Gasteiger partial charge in [0, 0.05) is 62.8 Å². The summed E-state index contributed by atoms with van der Waals surface area (Å²) in [6.07, 6.45) is 5.37. The van der Waals surface area contributed by atoms with Crippen LogP contribution in [0.5, 0.6) is 0 Å². The van der Waals surface area contributed by atoms with Crippen molar-refractivity contribution in [3.05, 3.63) is 36.5 Å². The van der Waals surface area contributed by atoms with E-state index < -0.39 is 10.0 Å². The number of carbonyl (C=O) groups excluding carboxylic acids is 1. The minimum Gasteiger partial charge on any atom is -0.382 e. The number of hydrogen-bond acceptors (Lipinski definition) is 9.